The molecule has 7 heteroatoms. The Balaban J connectivity index is 1.56. The summed E-state index contributed by atoms with van der Waals surface area (Å²) in [7, 11) is 0. The van der Waals surface area contributed by atoms with E-state index >= 15 is 0 Å². The van der Waals surface area contributed by atoms with Gasteiger partial charge in [0.1, 0.15) is 0 Å². The molecule has 1 amide bonds. The minimum absolute atomic E-state index is 0.0182. The van der Waals surface area contributed by atoms with E-state index in [0.29, 0.717) is 12.2 Å². The Morgan fingerprint density at radius 1 is 1.14 bits per heavy atom. The molecule has 28 heavy (non-hydrogen) atoms. The molecule has 148 valence electrons. The molecule has 1 aliphatic rings. The molecule has 1 saturated heterocycles. The Hall–Kier alpha value is -2.93. The van der Waals surface area contributed by atoms with Crippen molar-refractivity contribution < 1.29 is 14.6 Å². The predicted octanol–water partition coefficient (Wildman–Crippen LogP) is 1.86. The molecule has 0 bridgehead atoms. The molecule has 7 nitrogen and oxygen atoms in total. The molecular weight excluding hydrogens is 356 g/mol. The largest absolute Gasteiger partial charge is 0.360 e. The maximum atomic E-state index is 12.4. The van der Waals surface area contributed by atoms with E-state index in [4.69, 9.17) is 0 Å². The summed E-state index contributed by atoms with van der Waals surface area (Å²) in [5.41, 5.74) is 5.18. The lowest BCUT2D eigenvalue weighted by Gasteiger charge is -2.34. The Morgan fingerprint density at radius 2 is 1.86 bits per heavy atom. The zero-order chi connectivity index (χ0) is 20.3. The molecule has 0 spiro atoms. The number of amides is 1. The number of hydrogen-bond acceptors (Lipinski definition) is 4. The molecule has 0 saturated carbocycles. The maximum absolute atomic E-state index is 12.4. The van der Waals surface area contributed by atoms with E-state index in [1.165, 1.54) is 33.8 Å². The van der Waals surface area contributed by atoms with Gasteiger partial charge in [-0.1, -0.05) is 18.2 Å². The van der Waals surface area contributed by atoms with Crippen LogP contribution in [0, 0.1) is 30.9 Å². The average Bonchev–Trinajstić information content (AvgIpc) is 2.66. The SMILES string of the molecule is Cc1ccc([N+](=O)[O-])cc1NC(=O)C[NH+]1CCN(c2cccc(C)c2C)CC1. The molecule has 0 radical (unpaired) electrons. The lowest BCUT2D eigenvalue weighted by Crippen LogP contribution is -3.15. The van der Waals surface area contributed by atoms with Crippen LogP contribution in [0.15, 0.2) is 36.4 Å². The number of carbonyl (C=O) groups is 1. The first-order valence-electron chi connectivity index (χ1n) is 9.55. The van der Waals surface area contributed by atoms with Crippen molar-refractivity contribution in [2.75, 3.05) is 42.9 Å². The van der Waals surface area contributed by atoms with Gasteiger partial charge < -0.3 is 15.1 Å². The van der Waals surface area contributed by atoms with Crippen molar-refractivity contribution in [3.05, 3.63) is 63.2 Å². The molecule has 1 fully saturated rings. The summed E-state index contributed by atoms with van der Waals surface area (Å²) >= 11 is 0. The van der Waals surface area contributed by atoms with Crippen LogP contribution in [0.4, 0.5) is 17.1 Å². The summed E-state index contributed by atoms with van der Waals surface area (Å²) in [6.07, 6.45) is 0. The van der Waals surface area contributed by atoms with Crippen molar-refractivity contribution in [3.8, 4) is 0 Å². The van der Waals surface area contributed by atoms with E-state index in [-0.39, 0.29) is 11.6 Å². The Morgan fingerprint density at radius 3 is 2.54 bits per heavy atom. The monoisotopic (exact) mass is 383 g/mol. The van der Waals surface area contributed by atoms with Crippen molar-refractivity contribution in [1.29, 1.82) is 0 Å². The number of carbonyl (C=O) groups excluding carboxylic acids is 1. The van der Waals surface area contributed by atoms with Crippen molar-refractivity contribution >= 4 is 23.0 Å². The predicted molar refractivity (Wildman–Crippen MR) is 110 cm³/mol. The van der Waals surface area contributed by atoms with Crippen molar-refractivity contribution in [2.24, 2.45) is 0 Å². The van der Waals surface area contributed by atoms with Crippen LogP contribution in [0.3, 0.4) is 0 Å². The summed E-state index contributed by atoms with van der Waals surface area (Å²) in [5, 5.41) is 13.8. The summed E-state index contributed by atoms with van der Waals surface area (Å²) in [5.74, 6) is -0.112. The van der Waals surface area contributed by atoms with Crippen molar-refractivity contribution in [1.82, 2.24) is 0 Å². The van der Waals surface area contributed by atoms with Gasteiger partial charge in [-0.3, -0.25) is 14.9 Å². The summed E-state index contributed by atoms with van der Waals surface area (Å²) in [6, 6.07) is 10.9. The highest BCUT2D eigenvalue weighted by molar-refractivity contribution is 5.92. The second-order valence-electron chi connectivity index (χ2n) is 7.44. The van der Waals surface area contributed by atoms with Crippen LogP contribution >= 0.6 is 0 Å². The van der Waals surface area contributed by atoms with E-state index in [9.17, 15) is 14.9 Å². The first-order chi connectivity index (χ1) is 13.3. The highest BCUT2D eigenvalue weighted by Gasteiger charge is 2.23. The number of nitrogens with one attached hydrogen (secondary N) is 2. The number of nitro benzene ring substituents is 1. The Labute approximate surface area is 165 Å². The number of hydrogen-bond donors (Lipinski definition) is 2. The molecule has 2 aromatic carbocycles. The zero-order valence-electron chi connectivity index (χ0n) is 16.6. The smallest absolute Gasteiger partial charge is 0.279 e. The molecule has 1 heterocycles. The minimum Gasteiger partial charge on any atom is -0.360 e. The first-order valence-corrected chi connectivity index (χ1v) is 9.55. The van der Waals surface area contributed by atoms with Gasteiger partial charge >= 0.3 is 0 Å². The number of aryl methyl sites for hydroxylation is 2. The van der Waals surface area contributed by atoms with Gasteiger partial charge in [-0.05, 0) is 43.5 Å². The van der Waals surface area contributed by atoms with E-state index in [1.54, 1.807) is 6.07 Å². The van der Waals surface area contributed by atoms with Gasteiger partial charge in [-0.25, -0.2) is 0 Å². The van der Waals surface area contributed by atoms with Gasteiger partial charge in [0, 0.05) is 17.8 Å². The van der Waals surface area contributed by atoms with Crippen LogP contribution in [0.5, 0.6) is 0 Å². The summed E-state index contributed by atoms with van der Waals surface area (Å²) in [6.45, 7) is 10.0. The topological polar surface area (TPSA) is 79.9 Å². The summed E-state index contributed by atoms with van der Waals surface area (Å²) < 4.78 is 0. The molecule has 0 unspecified atom stereocenters. The number of quaternary nitrogens is 1. The zero-order valence-corrected chi connectivity index (χ0v) is 16.6. The van der Waals surface area contributed by atoms with Gasteiger partial charge in [0.05, 0.1) is 36.8 Å². The molecule has 0 atom stereocenters. The first kappa shape index (κ1) is 19.8. The van der Waals surface area contributed by atoms with Crippen LogP contribution in [-0.4, -0.2) is 43.6 Å². The Bertz CT molecular complexity index is 889. The molecule has 2 aromatic rings. The number of nitro groups is 1. The standard InChI is InChI=1S/C21H26N4O3/c1-15-5-4-6-20(17(15)3)24-11-9-23(10-12-24)14-21(26)22-19-13-18(25(27)28)8-7-16(19)2/h4-8,13H,9-12,14H2,1-3H3,(H,22,26)/p+1. The third kappa shape index (κ3) is 4.48. The van der Waals surface area contributed by atoms with Gasteiger partial charge in [0.2, 0.25) is 0 Å². The molecule has 0 aliphatic carbocycles. The van der Waals surface area contributed by atoms with Gasteiger partial charge in [0.15, 0.2) is 6.54 Å². The fourth-order valence-electron chi connectivity index (χ4n) is 3.60. The number of piperazine rings is 1. The fourth-order valence-corrected chi connectivity index (χ4v) is 3.60. The van der Waals surface area contributed by atoms with Gasteiger partial charge in [-0.15, -0.1) is 0 Å². The van der Waals surface area contributed by atoms with E-state index in [1.807, 2.05) is 6.92 Å². The number of benzene rings is 2. The molecule has 0 aromatic heterocycles. The second-order valence-corrected chi connectivity index (χ2v) is 7.44. The summed E-state index contributed by atoms with van der Waals surface area (Å²) in [4.78, 5) is 26.5. The molecular formula is C21H27N4O3+. The van der Waals surface area contributed by atoms with E-state index in [2.05, 4.69) is 42.3 Å². The van der Waals surface area contributed by atoms with Crippen LogP contribution in [0.2, 0.25) is 0 Å². The molecule has 1 aliphatic heterocycles. The third-order valence-electron chi connectivity index (χ3n) is 5.50. The van der Waals surface area contributed by atoms with Crippen LogP contribution < -0.4 is 15.1 Å². The van der Waals surface area contributed by atoms with E-state index < -0.39 is 4.92 Å². The normalized spacial score (nSPS) is 14.8. The van der Waals surface area contributed by atoms with Gasteiger partial charge in [0.25, 0.3) is 11.6 Å². The Kier molecular flexibility index (Phi) is 5.94. The average molecular weight is 383 g/mol. The second kappa shape index (κ2) is 8.39. The number of nitrogens with zero attached hydrogens (tertiary/aromatic N) is 2. The van der Waals surface area contributed by atoms with Crippen LogP contribution in [0.1, 0.15) is 16.7 Å². The van der Waals surface area contributed by atoms with Crippen molar-refractivity contribution in [3.63, 3.8) is 0 Å². The fraction of sp³-hybridized carbons (Fsp3) is 0.381. The maximum Gasteiger partial charge on any atom is 0.279 e. The molecule has 2 N–H and O–H groups in total. The number of anilines is 2. The highest BCUT2D eigenvalue weighted by atomic mass is 16.6. The van der Waals surface area contributed by atoms with Crippen LogP contribution in [0.25, 0.3) is 0 Å². The highest BCUT2D eigenvalue weighted by Crippen LogP contribution is 2.23. The minimum atomic E-state index is -0.452. The van der Waals surface area contributed by atoms with Crippen LogP contribution in [-0.2, 0) is 4.79 Å². The lowest BCUT2D eigenvalue weighted by atomic mass is 10.1. The van der Waals surface area contributed by atoms with Crippen molar-refractivity contribution in [2.45, 2.75) is 20.8 Å². The number of rotatable bonds is 5. The molecule has 3 rings (SSSR count). The van der Waals surface area contributed by atoms with Gasteiger partial charge in [-0.2, -0.15) is 0 Å². The third-order valence-corrected chi connectivity index (χ3v) is 5.50. The quantitative estimate of drug-likeness (QED) is 0.610. The lowest BCUT2D eigenvalue weighted by molar-refractivity contribution is -0.892. The van der Waals surface area contributed by atoms with E-state index in [0.717, 1.165) is 31.7 Å². The number of non-ortho nitro benzene ring substituents is 1.